The number of halogens is 2. The van der Waals surface area contributed by atoms with Crippen LogP contribution in [0.25, 0.3) is 0 Å². The molecule has 0 aliphatic carbocycles. The zero-order valence-corrected chi connectivity index (χ0v) is 28.4. The number of nitrogens with zero attached hydrogens (tertiary/aromatic N) is 1. The quantitative estimate of drug-likeness (QED) is 0.225. The number of benzene rings is 2. The molecule has 242 valence electrons. The third-order valence-electron chi connectivity index (χ3n) is 6.79. The van der Waals surface area contributed by atoms with Gasteiger partial charge < -0.3 is 29.3 Å². The van der Waals surface area contributed by atoms with E-state index in [1.807, 2.05) is 6.92 Å². The summed E-state index contributed by atoms with van der Waals surface area (Å²) in [6.45, 7) is 11.0. The molecular formula is C31H42Cl2N3O7P. The summed E-state index contributed by atoms with van der Waals surface area (Å²) < 4.78 is 31.9. The molecule has 2 N–H and O–H groups in total. The third-order valence-corrected chi connectivity index (χ3v) is 9.37. The van der Waals surface area contributed by atoms with Gasteiger partial charge in [0.25, 0.3) is 0 Å². The van der Waals surface area contributed by atoms with Crippen LogP contribution in [-0.4, -0.2) is 52.8 Å². The van der Waals surface area contributed by atoms with Crippen molar-refractivity contribution in [2.45, 2.75) is 90.7 Å². The minimum atomic E-state index is -4.13. The second kappa shape index (κ2) is 15.4. The van der Waals surface area contributed by atoms with Crippen LogP contribution in [0.2, 0.25) is 10.0 Å². The van der Waals surface area contributed by atoms with E-state index in [4.69, 9.17) is 37.0 Å². The summed E-state index contributed by atoms with van der Waals surface area (Å²) in [4.78, 5) is 41.5. The molecular weight excluding hydrogens is 628 g/mol. The topological polar surface area (TPSA) is 123 Å². The van der Waals surface area contributed by atoms with Gasteiger partial charge in [-0.15, -0.1) is 0 Å². The molecule has 1 heterocycles. The number of ether oxygens (including phenoxy) is 1. The molecule has 44 heavy (non-hydrogen) atoms. The molecule has 2 aromatic carbocycles. The van der Waals surface area contributed by atoms with Gasteiger partial charge in [-0.1, -0.05) is 50.4 Å². The molecule has 1 unspecified atom stereocenters. The van der Waals surface area contributed by atoms with Gasteiger partial charge in [0.1, 0.15) is 29.2 Å². The Bertz CT molecular complexity index is 1280. The zero-order chi connectivity index (χ0) is 32.7. The van der Waals surface area contributed by atoms with Gasteiger partial charge >= 0.3 is 13.7 Å². The van der Waals surface area contributed by atoms with E-state index in [1.165, 1.54) is 4.90 Å². The number of nitrogens with one attached hydrogen (secondary N) is 2. The second-order valence-corrected chi connectivity index (χ2v) is 14.9. The van der Waals surface area contributed by atoms with Crippen molar-refractivity contribution in [2.75, 3.05) is 6.54 Å². The van der Waals surface area contributed by atoms with Gasteiger partial charge in [-0.25, -0.2) is 9.36 Å². The highest BCUT2D eigenvalue weighted by Gasteiger charge is 2.44. The van der Waals surface area contributed by atoms with Crippen LogP contribution in [0.4, 0.5) is 4.79 Å². The highest BCUT2D eigenvalue weighted by molar-refractivity contribution is 7.55. The van der Waals surface area contributed by atoms with Gasteiger partial charge in [0.15, 0.2) is 5.78 Å². The van der Waals surface area contributed by atoms with Crippen LogP contribution in [-0.2, 0) is 18.9 Å². The first-order valence-electron chi connectivity index (χ1n) is 14.7. The Kier molecular flexibility index (Phi) is 12.4. The van der Waals surface area contributed by atoms with Crippen molar-refractivity contribution >= 4 is 48.7 Å². The predicted octanol–water partition coefficient (Wildman–Crippen LogP) is 7.43. The van der Waals surface area contributed by atoms with E-state index in [0.29, 0.717) is 35.9 Å². The lowest BCUT2D eigenvalue weighted by Gasteiger charge is -2.33. The summed E-state index contributed by atoms with van der Waals surface area (Å²) in [6, 6.07) is 10.9. The van der Waals surface area contributed by atoms with E-state index >= 15 is 0 Å². The van der Waals surface area contributed by atoms with E-state index in [2.05, 4.69) is 10.6 Å². The normalized spacial score (nSPS) is 16.7. The summed E-state index contributed by atoms with van der Waals surface area (Å²) in [5.41, 5.74) is -0.741. The van der Waals surface area contributed by atoms with Crippen molar-refractivity contribution in [3.8, 4) is 11.5 Å². The number of hydrogen-bond donors (Lipinski definition) is 2. The van der Waals surface area contributed by atoms with Gasteiger partial charge in [0, 0.05) is 16.6 Å². The first-order chi connectivity index (χ1) is 20.6. The van der Waals surface area contributed by atoms with Crippen molar-refractivity contribution in [3.63, 3.8) is 0 Å². The molecule has 3 atom stereocenters. The Balaban J connectivity index is 1.86. The Morgan fingerprint density at radius 1 is 0.955 bits per heavy atom. The van der Waals surface area contributed by atoms with E-state index in [9.17, 15) is 18.9 Å². The molecule has 0 aromatic heterocycles. The lowest BCUT2D eigenvalue weighted by Crippen LogP contribution is -2.56. The molecule has 2 aromatic rings. The van der Waals surface area contributed by atoms with E-state index in [-0.39, 0.29) is 23.8 Å². The smallest absolute Gasteiger partial charge is 0.444 e. The Morgan fingerprint density at radius 2 is 1.48 bits per heavy atom. The fraction of sp³-hybridized carbons (Fsp3) is 0.516. The summed E-state index contributed by atoms with van der Waals surface area (Å²) in [7, 11) is -4.13. The molecule has 0 bridgehead atoms. The maximum absolute atomic E-state index is 14.5. The van der Waals surface area contributed by atoms with Crippen LogP contribution in [0.3, 0.4) is 0 Å². The molecule has 1 aliphatic heterocycles. The Hall–Kier alpha value is -2.94. The lowest BCUT2D eigenvalue weighted by molar-refractivity contribution is -0.141. The monoisotopic (exact) mass is 669 g/mol. The van der Waals surface area contributed by atoms with Gasteiger partial charge in [0.2, 0.25) is 11.8 Å². The zero-order valence-electron chi connectivity index (χ0n) is 26.0. The highest BCUT2D eigenvalue weighted by atomic mass is 35.5. The maximum Gasteiger partial charge on any atom is 0.452 e. The van der Waals surface area contributed by atoms with Crippen molar-refractivity contribution in [2.24, 2.45) is 5.92 Å². The third kappa shape index (κ3) is 10.0. The summed E-state index contributed by atoms with van der Waals surface area (Å²) in [5.74, 6) is -1.72. The SMILES string of the molecule is CCCC(NC(=O)[C@@H]1CCCN1C(=O)[C@@H](NC(=O)OC(C)(C)C)C(C)C)P(=O)(Oc1ccc(Cl)cc1)Oc1ccc(Cl)cc1. The van der Waals surface area contributed by atoms with Crippen LogP contribution in [0, 0.1) is 5.92 Å². The molecule has 10 nitrogen and oxygen atoms in total. The number of alkyl carbamates (subject to hydrolysis) is 1. The van der Waals surface area contributed by atoms with Crippen molar-refractivity contribution in [1.82, 2.24) is 15.5 Å². The van der Waals surface area contributed by atoms with Crippen molar-refractivity contribution < 1.29 is 32.7 Å². The van der Waals surface area contributed by atoms with Crippen molar-refractivity contribution in [3.05, 3.63) is 58.6 Å². The molecule has 1 aliphatic rings. The van der Waals surface area contributed by atoms with E-state index in [1.54, 1.807) is 83.1 Å². The Morgan fingerprint density at radius 3 is 1.93 bits per heavy atom. The molecule has 0 saturated carbocycles. The van der Waals surface area contributed by atoms with Crippen LogP contribution in [0.15, 0.2) is 48.5 Å². The molecule has 3 amide bonds. The average molecular weight is 671 g/mol. The van der Waals surface area contributed by atoms with Gasteiger partial charge in [-0.05, 0) is 94.5 Å². The highest BCUT2D eigenvalue weighted by Crippen LogP contribution is 2.53. The molecule has 3 rings (SSSR count). The van der Waals surface area contributed by atoms with E-state index < -0.39 is 49.0 Å². The average Bonchev–Trinajstić information content (AvgIpc) is 3.43. The summed E-state index contributed by atoms with van der Waals surface area (Å²) >= 11 is 12.1. The summed E-state index contributed by atoms with van der Waals surface area (Å²) in [5, 5.41) is 6.49. The van der Waals surface area contributed by atoms with Gasteiger partial charge in [-0.2, -0.15) is 0 Å². The molecule has 0 radical (unpaired) electrons. The number of carbonyl (C=O) groups excluding carboxylic acids is 3. The Labute approximate surface area is 269 Å². The molecule has 1 fully saturated rings. The number of carbonyl (C=O) groups is 3. The maximum atomic E-state index is 14.5. The standard InChI is InChI=1S/C31H42Cl2N3O7P/c1-7-9-26(44(40,42-23-15-11-21(32)12-16-23)43-24-17-13-22(33)14-18-24)34-28(37)25-10-8-19-36(25)29(38)27(20(2)3)35-30(39)41-31(4,5)6/h11-18,20,25-27H,7-10,19H2,1-6H3,(H,34,37)(H,35,39)/t25-,26?,27-/m0/s1. The molecule has 1 saturated heterocycles. The summed E-state index contributed by atoms with van der Waals surface area (Å²) in [6.07, 6.45) is 1.08. The first kappa shape index (κ1) is 35.5. The predicted molar refractivity (Wildman–Crippen MR) is 171 cm³/mol. The number of hydrogen-bond acceptors (Lipinski definition) is 7. The minimum Gasteiger partial charge on any atom is -0.444 e. The minimum absolute atomic E-state index is 0.243. The number of rotatable bonds is 12. The first-order valence-corrected chi connectivity index (χ1v) is 17.1. The van der Waals surface area contributed by atoms with E-state index in [0.717, 1.165) is 0 Å². The number of amides is 3. The van der Waals surface area contributed by atoms with Gasteiger partial charge in [-0.3, -0.25) is 9.59 Å². The fourth-order valence-corrected chi connectivity index (χ4v) is 6.94. The van der Waals surface area contributed by atoms with Crippen LogP contribution in [0.1, 0.15) is 67.2 Å². The van der Waals surface area contributed by atoms with Crippen LogP contribution < -0.4 is 19.7 Å². The largest absolute Gasteiger partial charge is 0.452 e. The fourth-order valence-electron chi connectivity index (χ4n) is 4.70. The molecule has 0 spiro atoms. The van der Waals surface area contributed by atoms with Gasteiger partial charge in [0.05, 0.1) is 0 Å². The lowest BCUT2D eigenvalue weighted by atomic mass is 10.0. The van der Waals surface area contributed by atoms with Crippen LogP contribution in [0.5, 0.6) is 11.5 Å². The van der Waals surface area contributed by atoms with Crippen LogP contribution >= 0.6 is 30.8 Å². The van der Waals surface area contributed by atoms with Crippen molar-refractivity contribution in [1.29, 1.82) is 0 Å². The molecule has 13 heteroatoms. The second-order valence-electron chi connectivity index (χ2n) is 12.0. The number of likely N-dealkylation sites (tertiary alicyclic amines) is 1.